The Bertz CT molecular complexity index is 579. The summed E-state index contributed by atoms with van der Waals surface area (Å²) in [6.45, 7) is 10.0. The van der Waals surface area contributed by atoms with E-state index >= 15 is 0 Å². The zero-order valence-electron chi connectivity index (χ0n) is 14.2. The molecule has 4 heteroatoms. The van der Waals surface area contributed by atoms with Crippen LogP contribution in [0.25, 0.3) is 0 Å². The smallest absolute Gasteiger partial charge is 0.352 e. The molecule has 2 atom stereocenters. The van der Waals surface area contributed by atoms with Crippen molar-refractivity contribution in [1.29, 1.82) is 0 Å². The van der Waals surface area contributed by atoms with Crippen LogP contribution in [0.1, 0.15) is 48.9 Å². The molecule has 1 aliphatic rings. The second kappa shape index (κ2) is 6.29. The maximum absolute atomic E-state index is 12.4. The summed E-state index contributed by atoms with van der Waals surface area (Å²) >= 11 is 0. The first-order valence-corrected chi connectivity index (χ1v) is 7.95. The summed E-state index contributed by atoms with van der Waals surface area (Å²) < 4.78 is 11.3. The van der Waals surface area contributed by atoms with E-state index in [1.54, 1.807) is 6.92 Å². The van der Waals surface area contributed by atoms with Crippen molar-refractivity contribution >= 4 is 5.97 Å². The van der Waals surface area contributed by atoms with E-state index in [4.69, 9.17) is 9.47 Å². The molecular formula is C18H26O4. The molecule has 0 saturated carbocycles. The molecule has 1 aromatic rings. The molecule has 122 valence electrons. The summed E-state index contributed by atoms with van der Waals surface area (Å²) in [5.74, 6) is 0.232. The zero-order chi connectivity index (χ0) is 16.5. The molecule has 0 saturated heterocycles. The third kappa shape index (κ3) is 2.84. The van der Waals surface area contributed by atoms with Gasteiger partial charge in [-0.3, -0.25) is 0 Å². The average molecular weight is 306 g/mol. The van der Waals surface area contributed by atoms with Gasteiger partial charge in [0.15, 0.2) is 0 Å². The topological polar surface area (TPSA) is 55.8 Å². The highest BCUT2D eigenvalue weighted by molar-refractivity contribution is 5.81. The summed E-state index contributed by atoms with van der Waals surface area (Å²) in [7, 11) is 0. The number of ether oxygens (including phenoxy) is 2. The Labute approximate surface area is 132 Å². The predicted molar refractivity (Wildman–Crippen MR) is 85.3 cm³/mol. The molecule has 2 rings (SSSR count). The molecule has 0 bridgehead atoms. The summed E-state index contributed by atoms with van der Waals surface area (Å²) in [5, 5.41) is 10.5. The summed E-state index contributed by atoms with van der Waals surface area (Å²) in [6.07, 6.45) is 1.26. The Hall–Kier alpha value is -1.55. The van der Waals surface area contributed by atoms with E-state index in [0.29, 0.717) is 13.0 Å². The molecule has 2 unspecified atom stereocenters. The highest BCUT2D eigenvalue weighted by Crippen LogP contribution is 2.39. The van der Waals surface area contributed by atoms with Gasteiger partial charge in [-0.15, -0.1) is 0 Å². The van der Waals surface area contributed by atoms with Gasteiger partial charge in [-0.2, -0.15) is 0 Å². The van der Waals surface area contributed by atoms with Crippen molar-refractivity contribution in [2.24, 2.45) is 0 Å². The van der Waals surface area contributed by atoms with E-state index in [9.17, 15) is 9.90 Å². The van der Waals surface area contributed by atoms with Crippen molar-refractivity contribution in [1.82, 2.24) is 0 Å². The van der Waals surface area contributed by atoms with E-state index in [0.717, 1.165) is 40.8 Å². The van der Waals surface area contributed by atoms with E-state index in [1.165, 1.54) is 0 Å². The van der Waals surface area contributed by atoms with Crippen LogP contribution in [0.2, 0.25) is 0 Å². The summed E-state index contributed by atoms with van der Waals surface area (Å²) in [4.78, 5) is 12.4. The molecule has 0 radical (unpaired) electrons. The lowest BCUT2D eigenvalue weighted by molar-refractivity contribution is -0.173. The number of esters is 1. The monoisotopic (exact) mass is 306 g/mol. The van der Waals surface area contributed by atoms with Crippen LogP contribution in [0, 0.1) is 20.8 Å². The lowest BCUT2D eigenvalue weighted by atomic mass is 9.85. The van der Waals surface area contributed by atoms with Crippen LogP contribution in [-0.4, -0.2) is 29.4 Å². The van der Waals surface area contributed by atoms with Gasteiger partial charge in [0.25, 0.3) is 0 Å². The van der Waals surface area contributed by atoms with E-state index in [-0.39, 0.29) is 0 Å². The lowest BCUT2D eigenvalue weighted by Gasteiger charge is -2.39. The van der Waals surface area contributed by atoms with Crippen LogP contribution >= 0.6 is 0 Å². The van der Waals surface area contributed by atoms with Gasteiger partial charge in [0, 0.05) is 12.0 Å². The number of hydrogen-bond donors (Lipinski definition) is 1. The van der Waals surface area contributed by atoms with Gasteiger partial charge in [-0.05, 0) is 50.8 Å². The molecule has 22 heavy (non-hydrogen) atoms. The molecule has 1 aromatic carbocycles. The van der Waals surface area contributed by atoms with Crippen LogP contribution in [0.3, 0.4) is 0 Å². The predicted octanol–water partition coefficient (Wildman–Crippen LogP) is 3.01. The minimum Gasteiger partial charge on any atom is -0.472 e. The fraction of sp³-hybridized carbons (Fsp3) is 0.611. The van der Waals surface area contributed by atoms with Crippen molar-refractivity contribution < 1.29 is 19.4 Å². The highest BCUT2D eigenvalue weighted by Gasteiger charge is 2.48. The number of rotatable bonds is 4. The van der Waals surface area contributed by atoms with Crippen LogP contribution < -0.4 is 4.74 Å². The Balaban J connectivity index is 2.32. The number of hydrogen-bond acceptors (Lipinski definition) is 4. The van der Waals surface area contributed by atoms with Crippen molar-refractivity contribution in [3.63, 3.8) is 0 Å². The van der Waals surface area contributed by atoms with Crippen LogP contribution in [0.4, 0.5) is 0 Å². The van der Waals surface area contributed by atoms with Gasteiger partial charge in [-0.1, -0.05) is 19.4 Å². The van der Waals surface area contributed by atoms with Gasteiger partial charge in [0.05, 0.1) is 6.61 Å². The number of aryl methyl sites for hydroxylation is 2. The van der Waals surface area contributed by atoms with Gasteiger partial charge in [0.1, 0.15) is 11.9 Å². The molecule has 0 aromatic heterocycles. The SMILES string of the molecule is CCCCOC(=O)C1(C)Oc2c(C)c(C)cc(C)c2CC1O. The van der Waals surface area contributed by atoms with E-state index in [2.05, 4.69) is 6.07 Å². The minimum absolute atomic E-state index is 0.361. The Morgan fingerprint density at radius 2 is 2.09 bits per heavy atom. The number of carbonyl (C=O) groups excluding carboxylic acids is 1. The molecule has 1 heterocycles. The third-order valence-electron chi connectivity index (χ3n) is 4.60. The standard InChI is InChI=1S/C18H26O4/c1-6-7-8-21-17(20)18(5)15(19)10-14-12(3)9-11(2)13(4)16(14)22-18/h9,15,19H,6-8,10H2,1-5H3. The highest BCUT2D eigenvalue weighted by atomic mass is 16.6. The van der Waals surface area contributed by atoms with Gasteiger partial charge < -0.3 is 14.6 Å². The molecule has 1 N–H and O–H groups in total. The first-order valence-electron chi connectivity index (χ1n) is 7.95. The first-order chi connectivity index (χ1) is 10.3. The van der Waals surface area contributed by atoms with Gasteiger partial charge in [-0.25, -0.2) is 4.79 Å². The second-order valence-corrected chi connectivity index (χ2v) is 6.36. The molecule has 4 nitrogen and oxygen atoms in total. The maximum atomic E-state index is 12.4. The van der Waals surface area contributed by atoms with E-state index < -0.39 is 17.7 Å². The fourth-order valence-corrected chi connectivity index (χ4v) is 2.79. The Morgan fingerprint density at radius 1 is 1.41 bits per heavy atom. The Kier molecular flexibility index (Phi) is 4.81. The Morgan fingerprint density at radius 3 is 2.73 bits per heavy atom. The largest absolute Gasteiger partial charge is 0.472 e. The summed E-state index contributed by atoms with van der Waals surface area (Å²) in [5.41, 5.74) is 2.86. The number of benzene rings is 1. The minimum atomic E-state index is -1.34. The number of fused-ring (bicyclic) bond motifs is 1. The van der Waals surface area contributed by atoms with Crippen molar-refractivity contribution in [2.75, 3.05) is 6.61 Å². The second-order valence-electron chi connectivity index (χ2n) is 6.36. The van der Waals surface area contributed by atoms with Crippen LogP contribution in [0.5, 0.6) is 5.75 Å². The lowest BCUT2D eigenvalue weighted by Crippen LogP contribution is -2.56. The average Bonchev–Trinajstić information content (AvgIpc) is 2.47. The van der Waals surface area contributed by atoms with Crippen LogP contribution in [-0.2, 0) is 16.0 Å². The maximum Gasteiger partial charge on any atom is 0.352 e. The van der Waals surface area contributed by atoms with Crippen molar-refractivity contribution in [3.8, 4) is 5.75 Å². The zero-order valence-corrected chi connectivity index (χ0v) is 14.2. The normalized spacial score (nSPS) is 23.6. The number of aliphatic hydroxyl groups is 1. The molecular weight excluding hydrogens is 280 g/mol. The molecule has 0 amide bonds. The molecule has 0 aliphatic carbocycles. The molecule has 0 fully saturated rings. The van der Waals surface area contributed by atoms with Gasteiger partial charge in [0.2, 0.25) is 5.60 Å². The fourth-order valence-electron chi connectivity index (χ4n) is 2.79. The van der Waals surface area contributed by atoms with Crippen LogP contribution in [0.15, 0.2) is 6.07 Å². The molecule has 0 spiro atoms. The number of unbranched alkanes of at least 4 members (excludes halogenated alkanes) is 1. The summed E-state index contributed by atoms with van der Waals surface area (Å²) in [6, 6.07) is 2.09. The first kappa shape index (κ1) is 16.8. The number of aliphatic hydroxyl groups excluding tert-OH is 1. The third-order valence-corrected chi connectivity index (χ3v) is 4.60. The van der Waals surface area contributed by atoms with Gasteiger partial charge >= 0.3 is 5.97 Å². The van der Waals surface area contributed by atoms with E-state index in [1.807, 2.05) is 27.7 Å². The molecule has 1 aliphatic heterocycles. The van der Waals surface area contributed by atoms with Crippen molar-refractivity contribution in [3.05, 3.63) is 28.3 Å². The van der Waals surface area contributed by atoms with Crippen molar-refractivity contribution in [2.45, 2.75) is 65.6 Å². The quantitative estimate of drug-likeness (QED) is 0.686. The number of carbonyl (C=O) groups is 1.